The van der Waals surface area contributed by atoms with Crippen LogP contribution in [0.3, 0.4) is 0 Å². The number of likely N-dealkylation sites (tertiary alicyclic amines) is 1. The molecule has 3 aromatic rings. The first-order valence-corrected chi connectivity index (χ1v) is 10.0. The second kappa shape index (κ2) is 7.93. The molecule has 4 rings (SSSR count). The third-order valence-electron chi connectivity index (χ3n) is 4.74. The molecule has 28 heavy (non-hydrogen) atoms. The average Bonchev–Trinajstić information content (AvgIpc) is 3.41. The Labute approximate surface area is 166 Å². The van der Waals surface area contributed by atoms with Crippen LogP contribution < -0.4 is 5.32 Å². The average molecular weight is 396 g/mol. The van der Waals surface area contributed by atoms with Gasteiger partial charge in [-0.25, -0.2) is 4.98 Å². The molecule has 1 N–H and O–H groups in total. The number of nitrogens with one attached hydrogen (secondary N) is 1. The lowest BCUT2D eigenvalue weighted by molar-refractivity contribution is -0.121. The van der Waals surface area contributed by atoms with E-state index in [4.69, 9.17) is 4.52 Å². The van der Waals surface area contributed by atoms with Crippen LogP contribution in [0.15, 0.2) is 46.4 Å². The third-order valence-corrected chi connectivity index (χ3v) is 5.62. The third kappa shape index (κ3) is 3.96. The number of nitrogens with zero attached hydrogens (tertiary/aromatic N) is 3. The minimum absolute atomic E-state index is 0.117. The summed E-state index contributed by atoms with van der Waals surface area (Å²) in [5, 5.41) is 8.70. The standard InChI is InChI=1S/C20H20N4O3S/c1-13-6-7-18(21-11-13)22-19(25)14-4-2-8-24(12-14)20(26)15-10-16(27-23-15)17-5-3-9-28-17/h3,5-7,9-11,14H,2,4,8,12H2,1H3,(H,21,22,25). The van der Waals surface area contributed by atoms with Crippen molar-refractivity contribution in [2.24, 2.45) is 5.92 Å². The fourth-order valence-corrected chi connectivity index (χ4v) is 3.89. The zero-order valence-corrected chi connectivity index (χ0v) is 16.2. The minimum atomic E-state index is -0.274. The molecule has 144 valence electrons. The van der Waals surface area contributed by atoms with Gasteiger partial charge >= 0.3 is 0 Å². The van der Waals surface area contributed by atoms with Crippen molar-refractivity contribution in [3.63, 3.8) is 0 Å². The van der Waals surface area contributed by atoms with Crippen LogP contribution in [-0.4, -0.2) is 39.9 Å². The Kier molecular flexibility index (Phi) is 5.21. The number of rotatable bonds is 4. The molecule has 0 saturated carbocycles. The maximum Gasteiger partial charge on any atom is 0.276 e. The van der Waals surface area contributed by atoms with Crippen molar-refractivity contribution < 1.29 is 14.1 Å². The van der Waals surface area contributed by atoms with Gasteiger partial charge in [0, 0.05) is 25.4 Å². The zero-order valence-electron chi connectivity index (χ0n) is 15.4. The van der Waals surface area contributed by atoms with Crippen LogP contribution in [0.5, 0.6) is 0 Å². The van der Waals surface area contributed by atoms with Crippen molar-refractivity contribution >= 4 is 29.0 Å². The number of anilines is 1. The lowest BCUT2D eigenvalue weighted by atomic mass is 9.97. The number of piperidine rings is 1. The van der Waals surface area contributed by atoms with Gasteiger partial charge in [0.2, 0.25) is 5.91 Å². The van der Waals surface area contributed by atoms with E-state index in [0.29, 0.717) is 24.7 Å². The summed E-state index contributed by atoms with van der Waals surface area (Å²) in [5.74, 6) is 0.501. The largest absolute Gasteiger partial charge is 0.355 e. The Morgan fingerprint density at radius 3 is 2.96 bits per heavy atom. The number of carbonyl (C=O) groups is 2. The van der Waals surface area contributed by atoms with Gasteiger partial charge in [-0.15, -0.1) is 11.3 Å². The van der Waals surface area contributed by atoms with E-state index in [2.05, 4.69) is 15.5 Å². The summed E-state index contributed by atoms with van der Waals surface area (Å²) in [6.07, 6.45) is 3.21. The van der Waals surface area contributed by atoms with Crippen LogP contribution in [0.1, 0.15) is 28.9 Å². The summed E-state index contributed by atoms with van der Waals surface area (Å²) >= 11 is 1.53. The van der Waals surface area contributed by atoms with Gasteiger partial charge in [0.25, 0.3) is 5.91 Å². The summed E-state index contributed by atoms with van der Waals surface area (Å²) in [5.41, 5.74) is 1.30. The number of hydrogen-bond acceptors (Lipinski definition) is 6. The van der Waals surface area contributed by atoms with Crippen molar-refractivity contribution in [1.82, 2.24) is 15.0 Å². The first kappa shape index (κ1) is 18.4. The lowest BCUT2D eigenvalue weighted by Gasteiger charge is -2.31. The van der Waals surface area contributed by atoms with Gasteiger partial charge in [0.15, 0.2) is 11.5 Å². The van der Waals surface area contributed by atoms with Crippen LogP contribution in [0.25, 0.3) is 10.6 Å². The van der Waals surface area contributed by atoms with E-state index in [-0.39, 0.29) is 23.4 Å². The Morgan fingerprint density at radius 1 is 1.32 bits per heavy atom. The monoisotopic (exact) mass is 396 g/mol. The Balaban J connectivity index is 1.41. The minimum Gasteiger partial charge on any atom is -0.355 e. The highest BCUT2D eigenvalue weighted by molar-refractivity contribution is 7.13. The van der Waals surface area contributed by atoms with Gasteiger partial charge < -0.3 is 14.7 Å². The van der Waals surface area contributed by atoms with Crippen molar-refractivity contribution in [2.75, 3.05) is 18.4 Å². The number of aromatic nitrogens is 2. The lowest BCUT2D eigenvalue weighted by Crippen LogP contribution is -2.44. The van der Waals surface area contributed by atoms with Crippen molar-refractivity contribution in [1.29, 1.82) is 0 Å². The van der Waals surface area contributed by atoms with Crippen molar-refractivity contribution in [2.45, 2.75) is 19.8 Å². The molecule has 0 radical (unpaired) electrons. The molecule has 0 aromatic carbocycles. The van der Waals surface area contributed by atoms with Gasteiger partial charge in [0.1, 0.15) is 5.82 Å². The topological polar surface area (TPSA) is 88.3 Å². The molecule has 1 saturated heterocycles. The number of hydrogen-bond donors (Lipinski definition) is 1. The number of thiophene rings is 1. The summed E-state index contributed by atoms with van der Waals surface area (Å²) in [6.45, 7) is 2.90. The molecule has 0 bridgehead atoms. The van der Waals surface area contributed by atoms with Crippen LogP contribution in [0, 0.1) is 12.8 Å². The van der Waals surface area contributed by atoms with Gasteiger partial charge in [0.05, 0.1) is 10.8 Å². The van der Waals surface area contributed by atoms with Gasteiger partial charge in [-0.1, -0.05) is 17.3 Å². The molecule has 4 heterocycles. The molecule has 1 atom stereocenters. The Morgan fingerprint density at radius 2 is 2.21 bits per heavy atom. The van der Waals surface area contributed by atoms with E-state index in [1.807, 2.05) is 30.5 Å². The van der Waals surface area contributed by atoms with E-state index in [1.165, 1.54) is 11.3 Å². The van der Waals surface area contributed by atoms with Crippen LogP contribution >= 0.6 is 11.3 Å². The molecule has 2 amide bonds. The smallest absolute Gasteiger partial charge is 0.276 e. The van der Waals surface area contributed by atoms with E-state index >= 15 is 0 Å². The molecule has 8 heteroatoms. The Bertz CT molecular complexity index is 966. The van der Waals surface area contributed by atoms with E-state index in [1.54, 1.807) is 23.2 Å². The van der Waals surface area contributed by atoms with Crippen molar-refractivity contribution in [3.05, 3.63) is 53.2 Å². The van der Waals surface area contributed by atoms with Crippen molar-refractivity contribution in [3.8, 4) is 10.6 Å². The molecule has 1 unspecified atom stereocenters. The Hall–Kier alpha value is -3.00. The number of pyridine rings is 1. The fourth-order valence-electron chi connectivity index (χ4n) is 3.22. The van der Waals surface area contributed by atoms with E-state index < -0.39 is 0 Å². The number of amides is 2. The molecule has 3 aromatic heterocycles. The molecular formula is C20H20N4O3S. The maximum atomic E-state index is 12.8. The number of carbonyl (C=O) groups excluding carboxylic acids is 2. The fraction of sp³-hybridized carbons (Fsp3) is 0.300. The molecule has 0 aliphatic carbocycles. The van der Waals surface area contributed by atoms with Gasteiger partial charge in [-0.3, -0.25) is 9.59 Å². The van der Waals surface area contributed by atoms with Crippen LogP contribution in [0.4, 0.5) is 5.82 Å². The summed E-state index contributed by atoms with van der Waals surface area (Å²) < 4.78 is 5.31. The summed E-state index contributed by atoms with van der Waals surface area (Å²) in [7, 11) is 0. The second-order valence-corrected chi connectivity index (χ2v) is 7.80. The maximum absolute atomic E-state index is 12.8. The molecule has 0 spiro atoms. The molecule has 1 aliphatic heterocycles. The zero-order chi connectivity index (χ0) is 19.5. The quantitative estimate of drug-likeness (QED) is 0.728. The highest BCUT2D eigenvalue weighted by Gasteiger charge is 2.30. The van der Waals surface area contributed by atoms with Crippen LogP contribution in [-0.2, 0) is 4.79 Å². The molecular weight excluding hydrogens is 376 g/mol. The van der Waals surface area contributed by atoms with Crippen LogP contribution in [0.2, 0.25) is 0 Å². The number of aryl methyl sites for hydroxylation is 1. The SMILES string of the molecule is Cc1ccc(NC(=O)C2CCCN(C(=O)c3cc(-c4cccs4)on3)C2)nc1. The first-order chi connectivity index (χ1) is 13.6. The normalized spacial score (nSPS) is 16.8. The van der Waals surface area contributed by atoms with Gasteiger partial charge in [-0.05, 0) is 42.8 Å². The molecule has 7 nitrogen and oxygen atoms in total. The molecule has 1 aliphatic rings. The van der Waals surface area contributed by atoms with E-state index in [9.17, 15) is 9.59 Å². The summed E-state index contributed by atoms with van der Waals surface area (Å²) in [6, 6.07) is 9.17. The highest BCUT2D eigenvalue weighted by atomic mass is 32.1. The molecule has 1 fully saturated rings. The predicted molar refractivity (Wildman–Crippen MR) is 106 cm³/mol. The second-order valence-electron chi connectivity index (χ2n) is 6.85. The predicted octanol–water partition coefficient (Wildman–Crippen LogP) is 3.60. The highest BCUT2D eigenvalue weighted by Crippen LogP contribution is 2.26. The van der Waals surface area contributed by atoms with Gasteiger partial charge in [-0.2, -0.15) is 0 Å². The first-order valence-electron chi connectivity index (χ1n) is 9.13. The van der Waals surface area contributed by atoms with E-state index in [0.717, 1.165) is 23.3 Å². The summed E-state index contributed by atoms with van der Waals surface area (Å²) in [4.78, 5) is 32.2.